The molecule has 0 aromatic heterocycles. The molecule has 0 amide bonds. The summed E-state index contributed by atoms with van der Waals surface area (Å²) in [4.78, 5) is 38.1. The van der Waals surface area contributed by atoms with E-state index >= 15 is 0 Å². The normalized spacial score (nSPS) is 38.1. The fourth-order valence-corrected chi connectivity index (χ4v) is 6.21. The maximum Gasteiger partial charge on any atom is 0.332 e. The van der Waals surface area contributed by atoms with Gasteiger partial charge in [-0.1, -0.05) is 46.8 Å². The van der Waals surface area contributed by atoms with Crippen LogP contribution < -0.4 is 0 Å². The van der Waals surface area contributed by atoms with Crippen molar-refractivity contribution in [1.82, 2.24) is 0 Å². The van der Waals surface area contributed by atoms with Gasteiger partial charge in [-0.2, -0.15) is 0 Å². The first-order valence-corrected chi connectivity index (χ1v) is 12.7. The van der Waals surface area contributed by atoms with Crippen LogP contribution in [-0.4, -0.2) is 34.3 Å². The van der Waals surface area contributed by atoms with E-state index in [1.807, 2.05) is 0 Å². The van der Waals surface area contributed by atoms with Crippen LogP contribution in [0.4, 0.5) is 0 Å². The Morgan fingerprint density at radius 1 is 1.06 bits per heavy atom. The van der Waals surface area contributed by atoms with Gasteiger partial charge in [0.2, 0.25) is 0 Å². The highest BCUT2D eigenvalue weighted by Crippen LogP contribution is 2.58. The molecule has 0 aromatic carbocycles. The van der Waals surface area contributed by atoms with Crippen molar-refractivity contribution < 1.29 is 24.2 Å². The van der Waals surface area contributed by atoms with Crippen molar-refractivity contribution in [2.75, 3.05) is 0 Å². The molecule has 0 radical (unpaired) electrons. The fraction of sp³-hybridized carbons (Fsp3) is 0.750. The van der Waals surface area contributed by atoms with E-state index in [1.165, 1.54) is 6.08 Å². The van der Waals surface area contributed by atoms with Gasteiger partial charge < -0.3 is 9.84 Å². The predicted octanol–water partition coefficient (Wildman–Crippen LogP) is 5.21. The summed E-state index contributed by atoms with van der Waals surface area (Å²) in [6.07, 6.45) is 9.34. The van der Waals surface area contributed by atoms with Gasteiger partial charge in [-0.3, -0.25) is 9.59 Å². The molecule has 0 aliphatic heterocycles. The van der Waals surface area contributed by atoms with Gasteiger partial charge >= 0.3 is 5.97 Å². The highest BCUT2D eigenvalue weighted by Gasteiger charge is 2.53. The molecule has 3 rings (SSSR count). The van der Waals surface area contributed by atoms with Crippen molar-refractivity contribution in [3.05, 3.63) is 23.8 Å². The second kappa shape index (κ2) is 9.85. The number of aliphatic hydroxyl groups is 1. The molecule has 1 N–H and O–H groups in total. The lowest BCUT2D eigenvalue weighted by Gasteiger charge is -2.43. The summed E-state index contributed by atoms with van der Waals surface area (Å²) in [5.74, 6) is 1.21. The van der Waals surface area contributed by atoms with Crippen molar-refractivity contribution in [2.24, 2.45) is 35.0 Å². The molecule has 3 fully saturated rings. The van der Waals surface area contributed by atoms with Gasteiger partial charge in [-0.05, 0) is 74.0 Å². The average Bonchev–Trinajstić information content (AvgIpc) is 3.09. The molecule has 33 heavy (non-hydrogen) atoms. The van der Waals surface area contributed by atoms with E-state index in [4.69, 9.17) is 4.74 Å². The summed E-state index contributed by atoms with van der Waals surface area (Å²) in [6.45, 7) is 12.9. The lowest BCUT2D eigenvalue weighted by Crippen LogP contribution is -2.46. The molecule has 0 bridgehead atoms. The van der Waals surface area contributed by atoms with Crippen LogP contribution in [0.5, 0.6) is 0 Å². The Labute approximate surface area is 199 Å². The van der Waals surface area contributed by atoms with E-state index in [9.17, 15) is 19.5 Å². The Hall–Kier alpha value is -1.75. The number of aliphatic hydroxyl groups excluding tert-OH is 1. The highest BCUT2D eigenvalue weighted by molar-refractivity contribution is 6.02. The van der Waals surface area contributed by atoms with Crippen molar-refractivity contribution >= 4 is 17.5 Å². The fourth-order valence-electron chi connectivity index (χ4n) is 6.21. The Balaban J connectivity index is 1.76. The van der Waals surface area contributed by atoms with Gasteiger partial charge in [-0.15, -0.1) is 0 Å². The Bertz CT molecular complexity index is 839. The number of carbonyl (C=O) groups is 3. The monoisotopic (exact) mass is 458 g/mol. The number of carbonyl (C=O) groups excluding carboxylic acids is 3. The summed E-state index contributed by atoms with van der Waals surface area (Å²) >= 11 is 0. The molecular formula is C28H42O5. The first-order chi connectivity index (χ1) is 15.4. The molecule has 0 aromatic rings. The first-order valence-electron chi connectivity index (χ1n) is 12.7. The predicted molar refractivity (Wildman–Crippen MR) is 128 cm³/mol. The maximum atomic E-state index is 12.9. The number of rotatable bonds is 6. The Morgan fingerprint density at radius 3 is 2.39 bits per heavy atom. The van der Waals surface area contributed by atoms with Crippen LogP contribution in [0.1, 0.15) is 86.5 Å². The molecule has 7 unspecified atom stereocenters. The van der Waals surface area contributed by atoms with E-state index in [0.29, 0.717) is 48.5 Å². The standard InChI is InChI=1S/C28H42O5/c1-17(2)18(3)7-8-19(4)22-9-10-23-21(24(30)12-13-27(22,23)5)16-26(32)33-28(6)14-11-20(29)15-25(28)31/h7-8,16-20,22-23,29H,9-15H2,1-6H3. The minimum Gasteiger partial charge on any atom is -0.448 e. The van der Waals surface area contributed by atoms with Gasteiger partial charge in [0.15, 0.2) is 17.2 Å². The second-order valence-electron chi connectivity index (χ2n) is 11.6. The molecule has 184 valence electrons. The third-order valence-corrected chi connectivity index (χ3v) is 8.97. The van der Waals surface area contributed by atoms with Crippen LogP contribution >= 0.6 is 0 Å². The van der Waals surface area contributed by atoms with Crippen LogP contribution in [0.25, 0.3) is 0 Å². The summed E-state index contributed by atoms with van der Waals surface area (Å²) in [5.41, 5.74) is -0.673. The maximum absolute atomic E-state index is 12.9. The zero-order valence-corrected chi connectivity index (χ0v) is 21.2. The number of esters is 1. The van der Waals surface area contributed by atoms with Gasteiger partial charge in [0.1, 0.15) is 0 Å². The third-order valence-electron chi connectivity index (χ3n) is 8.97. The van der Waals surface area contributed by atoms with Gasteiger partial charge in [0, 0.05) is 24.5 Å². The molecular weight excluding hydrogens is 416 g/mol. The number of allylic oxidation sites excluding steroid dienone is 3. The lowest BCUT2D eigenvalue weighted by molar-refractivity contribution is -0.167. The number of ether oxygens (including phenoxy) is 1. The van der Waals surface area contributed by atoms with E-state index < -0.39 is 17.7 Å². The average molecular weight is 459 g/mol. The Morgan fingerprint density at radius 2 is 1.76 bits per heavy atom. The van der Waals surface area contributed by atoms with Crippen LogP contribution in [0.2, 0.25) is 0 Å². The molecule has 7 atom stereocenters. The largest absolute Gasteiger partial charge is 0.448 e. The van der Waals surface area contributed by atoms with Crippen LogP contribution in [0.15, 0.2) is 23.8 Å². The SMILES string of the molecule is CC(C)C(C)C=CC(C)C1CCC2C(=CC(=O)OC3(C)CCC(O)CC3=O)C(=O)CCC21C. The summed E-state index contributed by atoms with van der Waals surface area (Å²) in [5, 5.41) is 9.72. The van der Waals surface area contributed by atoms with E-state index in [2.05, 4.69) is 46.8 Å². The molecule has 3 aliphatic carbocycles. The topological polar surface area (TPSA) is 80.7 Å². The number of fused-ring (bicyclic) bond motifs is 1. The number of ketones is 2. The summed E-state index contributed by atoms with van der Waals surface area (Å²) in [7, 11) is 0. The van der Waals surface area contributed by atoms with Crippen molar-refractivity contribution in [3.63, 3.8) is 0 Å². The minimum atomic E-state index is -1.22. The second-order valence-corrected chi connectivity index (χ2v) is 11.6. The van der Waals surface area contributed by atoms with Gasteiger partial charge in [-0.25, -0.2) is 4.79 Å². The first kappa shape index (κ1) is 25.9. The zero-order valence-electron chi connectivity index (χ0n) is 21.2. The van der Waals surface area contributed by atoms with Gasteiger partial charge in [0.25, 0.3) is 0 Å². The van der Waals surface area contributed by atoms with E-state index in [-0.39, 0.29) is 29.3 Å². The summed E-state index contributed by atoms with van der Waals surface area (Å²) in [6, 6.07) is 0. The molecule has 3 saturated carbocycles. The molecule has 5 nitrogen and oxygen atoms in total. The quantitative estimate of drug-likeness (QED) is 0.336. The van der Waals surface area contributed by atoms with Crippen molar-refractivity contribution in [2.45, 2.75) is 98.2 Å². The van der Waals surface area contributed by atoms with Crippen molar-refractivity contribution in [1.29, 1.82) is 0 Å². The number of Topliss-reactive ketones (excluding diaryl/α,β-unsaturated/α-hetero) is 2. The molecule has 0 spiro atoms. The number of hydrogen-bond donors (Lipinski definition) is 1. The van der Waals surface area contributed by atoms with E-state index in [1.54, 1.807) is 6.92 Å². The lowest BCUT2D eigenvalue weighted by atomic mass is 9.61. The molecule has 0 heterocycles. The molecule has 5 heteroatoms. The van der Waals surface area contributed by atoms with Crippen molar-refractivity contribution in [3.8, 4) is 0 Å². The van der Waals surface area contributed by atoms with Gasteiger partial charge in [0.05, 0.1) is 6.10 Å². The van der Waals surface area contributed by atoms with Crippen LogP contribution in [0.3, 0.4) is 0 Å². The summed E-state index contributed by atoms with van der Waals surface area (Å²) < 4.78 is 5.59. The molecule has 3 aliphatic rings. The van der Waals surface area contributed by atoms with Crippen LogP contribution in [-0.2, 0) is 19.1 Å². The molecule has 0 saturated heterocycles. The third kappa shape index (κ3) is 5.34. The minimum absolute atomic E-state index is 0.00247. The smallest absolute Gasteiger partial charge is 0.332 e. The Kier molecular flexibility index (Phi) is 7.72. The highest BCUT2D eigenvalue weighted by atomic mass is 16.6. The van der Waals surface area contributed by atoms with Crippen LogP contribution in [0, 0.1) is 35.0 Å². The van der Waals surface area contributed by atoms with E-state index in [0.717, 1.165) is 19.3 Å². The number of hydrogen-bond acceptors (Lipinski definition) is 5. The zero-order chi connectivity index (χ0) is 24.6.